The molecule has 0 aromatic heterocycles. The zero-order chi connectivity index (χ0) is 14.4. The number of carbonyl (C=O) groups excluding carboxylic acids is 1. The molecule has 1 aromatic rings. The number of carbonyl (C=O) groups is 1. The quantitative estimate of drug-likeness (QED) is 0.756. The average molecular weight is 274 g/mol. The standard InChI is InChI=1S/C17H26N2O/c1-3-9-17(10-11-17)13-19-16(20)14-7-5-6-8-15(14)18-12-4-2/h5-8,18H,3-4,9-13H2,1-2H3,(H,19,20). The Morgan fingerprint density at radius 2 is 1.95 bits per heavy atom. The van der Waals surface area contributed by atoms with Crippen LogP contribution in [0.4, 0.5) is 5.69 Å². The Labute approximate surface area is 122 Å². The largest absolute Gasteiger partial charge is 0.384 e. The second-order valence-corrected chi connectivity index (χ2v) is 5.91. The third-order valence-corrected chi connectivity index (χ3v) is 4.10. The van der Waals surface area contributed by atoms with Gasteiger partial charge in [0, 0.05) is 18.8 Å². The van der Waals surface area contributed by atoms with Crippen LogP contribution in [0.15, 0.2) is 24.3 Å². The maximum atomic E-state index is 12.4. The molecule has 0 saturated heterocycles. The van der Waals surface area contributed by atoms with E-state index in [1.54, 1.807) is 0 Å². The van der Waals surface area contributed by atoms with Crippen LogP contribution in [-0.4, -0.2) is 19.0 Å². The highest BCUT2D eigenvalue weighted by Gasteiger charge is 2.41. The van der Waals surface area contributed by atoms with Gasteiger partial charge in [-0.15, -0.1) is 0 Å². The second-order valence-electron chi connectivity index (χ2n) is 5.91. The van der Waals surface area contributed by atoms with E-state index in [1.807, 2.05) is 24.3 Å². The summed E-state index contributed by atoms with van der Waals surface area (Å²) in [6.07, 6.45) is 6.00. The van der Waals surface area contributed by atoms with Crippen LogP contribution in [0.2, 0.25) is 0 Å². The van der Waals surface area contributed by atoms with Gasteiger partial charge in [-0.2, -0.15) is 0 Å². The summed E-state index contributed by atoms with van der Waals surface area (Å²) in [5, 5.41) is 6.45. The van der Waals surface area contributed by atoms with Gasteiger partial charge in [0.15, 0.2) is 0 Å². The lowest BCUT2D eigenvalue weighted by Gasteiger charge is -2.16. The summed E-state index contributed by atoms with van der Waals surface area (Å²) in [6, 6.07) is 7.76. The van der Waals surface area contributed by atoms with E-state index in [9.17, 15) is 4.79 Å². The van der Waals surface area contributed by atoms with E-state index in [0.717, 1.165) is 30.8 Å². The molecule has 1 aromatic carbocycles. The van der Waals surface area contributed by atoms with Crippen molar-refractivity contribution in [2.45, 2.75) is 46.0 Å². The Morgan fingerprint density at radius 1 is 1.20 bits per heavy atom. The smallest absolute Gasteiger partial charge is 0.253 e. The van der Waals surface area contributed by atoms with Crippen LogP contribution >= 0.6 is 0 Å². The van der Waals surface area contributed by atoms with Crippen molar-refractivity contribution >= 4 is 11.6 Å². The zero-order valence-corrected chi connectivity index (χ0v) is 12.7. The van der Waals surface area contributed by atoms with Crippen molar-refractivity contribution in [1.82, 2.24) is 5.32 Å². The summed E-state index contributed by atoms with van der Waals surface area (Å²) in [6.45, 7) is 6.05. The fourth-order valence-electron chi connectivity index (χ4n) is 2.68. The van der Waals surface area contributed by atoms with Crippen LogP contribution in [0, 0.1) is 5.41 Å². The van der Waals surface area contributed by atoms with Crippen molar-refractivity contribution in [3.63, 3.8) is 0 Å². The van der Waals surface area contributed by atoms with Gasteiger partial charge >= 0.3 is 0 Å². The van der Waals surface area contributed by atoms with Crippen LogP contribution in [0.5, 0.6) is 0 Å². The summed E-state index contributed by atoms with van der Waals surface area (Å²) < 4.78 is 0. The molecule has 3 heteroatoms. The van der Waals surface area contributed by atoms with Crippen molar-refractivity contribution in [2.24, 2.45) is 5.41 Å². The molecule has 1 aliphatic carbocycles. The Bertz CT molecular complexity index is 452. The van der Waals surface area contributed by atoms with Gasteiger partial charge in [0.05, 0.1) is 5.56 Å². The van der Waals surface area contributed by atoms with Crippen LogP contribution in [0.3, 0.4) is 0 Å². The van der Waals surface area contributed by atoms with Crippen molar-refractivity contribution in [2.75, 3.05) is 18.4 Å². The molecule has 0 bridgehead atoms. The predicted molar refractivity (Wildman–Crippen MR) is 84.1 cm³/mol. The van der Waals surface area contributed by atoms with Crippen LogP contribution in [0.1, 0.15) is 56.3 Å². The number of nitrogens with one attached hydrogen (secondary N) is 2. The summed E-state index contributed by atoms with van der Waals surface area (Å²) >= 11 is 0. The van der Waals surface area contributed by atoms with E-state index in [1.165, 1.54) is 25.7 Å². The van der Waals surface area contributed by atoms with Gasteiger partial charge < -0.3 is 10.6 Å². The Balaban J connectivity index is 1.95. The fraction of sp³-hybridized carbons (Fsp3) is 0.588. The van der Waals surface area contributed by atoms with Crippen LogP contribution < -0.4 is 10.6 Å². The molecule has 1 aliphatic rings. The van der Waals surface area contributed by atoms with Gasteiger partial charge in [-0.1, -0.05) is 32.4 Å². The summed E-state index contributed by atoms with van der Waals surface area (Å²) in [5.74, 6) is 0.0478. The topological polar surface area (TPSA) is 41.1 Å². The number of benzene rings is 1. The van der Waals surface area contributed by atoms with E-state index >= 15 is 0 Å². The van der Waals surface area contributed by atoms with E-state index in [2.05, 4.69) is 24.5 Å². The minimum Gasteiger partial charge on any atom is -0.384 e. The fourth-order valence-corrected chi connectivity index (χ4v) is 2.68. The summed E-state index contributed by atoms with van der Waals surface area (Å²) in [4.78, 5) is 12.4. The van der Waals surface area contributed by atoms with E-state index in [0.29, 0.717) is 5.41 Å². The number of rotatable bonds is 8. The third kappa shape index (κ3) is 3.75. The highest BCUT2D eigenvalue weighted by Crippen LogP contribution is 2.48. The molecule has 2 rings (SSSR count). The minimum absolute atomic E-state index is 0.0478. The average Bonchev–Trinajstić information content (AvgIpc) is 3.23. The lowest BCUT2D eigenvalue weighted by atomic mass is 10.0. The van der Waals surface area contributed by atoms with Gasteiger partial charge in [-0.3, -0.25) is 4.79 Å². The number of anilines is 1. The van der Waals surface area contributed by atoms with Crippen molar-refractivity contribution < 1.29 is 4.79 Å². The molecule has 3 nitrogen and oxygen atoms in total. The van der Waals surface area contributed by atoms with Crippen molar-refractivity contribution in [1.29, 1.82) is 0 Å². The molecular formula is C17H26N2O. The molecule has 0 atom stereocenters. The van der Waals surface area contributed by atoms with Gasteiger partial charge in [-0.25, -0.2) is 0 Å². The van der Waals surface area contributed by atoms with Crippen LogP contribution in [0.25, 0.3) is 0 Å². The third-order valence-electron chi connectivity index (χ3n) is 4.10. The molecule has 0 heterocycles. The highest BCUT2D eigenvalue weighted by atomic mass is 16.1. The van der Waals surface area contributed by atoms with Crippen LogP contribution in [-0.2, 0) is 0 Å². The maximum Gasteiger partial charge on any atom is 0.253 e. The first-order valence-corrected chi connectivity index (χ1v) is 7.82. The monoisotopic (exact) mass is 274 g/mol. The second kappa shape index (κ2) is 6.78. The Kier molecular flexibility index (Phi) is 5.05. The molecule has 1 amide bonds. The molecule has 1 saturated carbocycles. The first-order chi connectivity index (χ1) is 9.71. The van der Waals surface area contributed by atoms with Gasteiger partial charge in [0.2, 0.25) is 0 Å². The number of para-hydroxylation sites is 1. The predicted octanol–water partition coefficient (Wildman–Crippen LogP) is 3.82. The summed E-state index contributed by atoms with van der Waals surface area (Å²) in [5.41, 5.74) is 2.09. The van der Waals surface area contributed by atoms with Gasteiger partial charge in [-0.05, 0) is 43.2 Å². The molecule has 20 heavy (non-hydrogen) atoms. The number of hydrogen-bond acceptors (Lipinski definition) is 2. The Morgan fingerprint density at radius 3 is 2.60 bits per heavy atom. The van der Waals surface area contributed by atoms with E-state index in [-0.39, 0.29) is 5.91 Å². The highest BCUT2D eigenvalue weighted by molar-refractivity contribution is 5.99. The maximum absolute atomic E-state index is 12.4. The van der Waals surface area contributed by atoms with E-state index in [4.69, 9.17) is 0 Å². The summed E-state index contributed by atoms with van der Waals surface area (Å²) in [7, 11) is 0. The molecule has 2 N–H and O–H groups in total. The molecule has 110 valence electrons. The molecule has 0 radical (unpaired) electrons. The minimum atomic E-state index is 0.0478. The lowest BCUT2D eigenvalue weighted by Crippen LogP contribution is -2.30. The molecule has 1 fully saturated rings. The van der Waals surface area contributed by atoms with Crippen molar-refractivity contribution in [3.05, 3.63) is 29.8 Å². The number of amides is 1. The first kappa shape index (κ1) is 14.9. The van der Waals surface area contributed by atoms with E-state index < -0.39 is 0 Å². The van der Waals surface area contributed by atoms with Gasteiger partial charge in [0.1, 0.15) is 0 Å². The number of hydrogen-bond donors (Lipinski definition) is 2. The SMILES string of the molecule is CCCNc1ccccc1C(=O)NCC1(CCC)CC1. The van der Waals surface area contributed by atoms with Crippen molar-refractivity contribution in [3.8, 4) is 0 Å². The molecule has 0 unspecified atom stereocenters. The molecular weight excluding hydrogens is 248 g/mol. The molecule has 0 spiro atoms. The lowest BCUT2D eigenvalue weighted by molar-refractivity contribution is 0.0944. The normalized spacial score (nSPS) is 15.7. The Hall–Kier alpha value is -1.51. The first-order valence-electron chi connectivity index (χ1n) is 7.82. The molecule has 0 aliphatic heterocycles. The zero-order valence-electron chi connectivity index (χ0n) is 12.7. The van der Waals surface area contributed by atoms with Gasteiger partial charge in [0.25, 0.3) is 5.91 Å².